The number of hydrogen-bond donors (Lipinski definition) is 0. The summed E-state index contributed by atoms with van der Waals surface area (Å²) in [4.78, 5) is 21.7. The van der Waals surface area contributed by atoms with Crippen molar-refractivity contribution in [2.24, 2.45) is 0 Å². The fraction of sp³-hybridized carbons (Fsp3) is 0.300. The molecule has 0 aliphatic heterocycles. The molecule has 0 unspecified atom stereocenters. The van der Waals surface area contributed by atoms with E-state index in [4.69, 9.17) is 9.47 Å². The first-order valence-electron chi connectivity index (χ1n) is 4.54. The summed E-state index contributed by atoms with van der Waals surface area (Å²) >= 11 is 0. The third-order valence-corrected chi connectivity index (χ3v) is 2.11. The number of rotatable bonds is 4. The number of nitrogens with zero attached hydrogens (tertiary/aromatic N) is 1. The lowest BCUT2D eigenvalue weighted by Crippen LogP contribution is -2.08. The van der Waals surface area contributed by atoms with Crippen LogP contribution in [0.25, 0.3) is 0 Å². The van der Waals surface area contributed by atoms with E-state index in [-0.39, 0.29) is 22.7 Å². The van der Waals surface area contributed by atoms with Gasteiger partial charge in [0.05, 0.1) is 26.3 Å². The molecule has 92 valence electrons. The highest BCUT2D eigenvalue weighted by Gasteiger charge is 2.27. The number of ether oxygens (including phenoxy) is 3. The zero-order chi connectivity index (χ0) is 13.0. The SMILES string of the molecule is COC(=O)c1c(OC)ccc([N+](=O)[O-])c1OC. The molecule has 0 aromatic heterocycles. The van der Waals surface area contributed by atoms with E-state index in [9.17, 15) is 14.9 Å². The molecule has 1 aromatic rings. The molecule has 0 spiro atoms. The summed E-state index contributed by atoms with van der Waals surface area (Å²) in [5, 5.41) is 10.8. The Hall–Kier alpha value is -2.31. The highest BCUT2D eigenvalue weighted by Crippen LogP contribution is 2.37. The van der Waals surface area contributed by atoms with Crippen LogP contribution in [0.15, 0.2) is 12.1 Å². The van der Waals surface area contributed by atoms with Crippen LogP contribution in [-0.4, -0.2) is 32.2 Å². The van der Waals surface area contributed by atoms with Crippen molar-refractivity contribution < 1.29 is 23.9 Å². The molecule has 7 heteroatoms. The normalized spacial score (nSPS) is 9.59. The Balaban J connectivity index is 3.54. The number of carbonyl (C=O) groups is 1. The summed E-state index contributed by atoms with van der Waals surface area (Å²) in [5.41, 5.74) is -0.430. The molecular weight excluding hydrogens is 230 g/mol. The maximum absolute atomic E-state index is 11.5. The summed E-state index contributed by atoms with van der Waals surface area (Å²) in [5.74, 6) is -0.789. The lowest BCUT2D eigenvalue weighted by molar-refractivity contribution is -0.385. The number of hydrogen-bond acceptors (Lipinski definition) is 6. The van der Waals surface area contributed by atoms with Gasteiger partial charge in [-0.1, -0.05) is 0 Å². The van der Waals surface area contributed by atoms with Gasteiger partial charge < -0.3 is 14.2 Å². The van der Waals surface area contributed by atoms with Gasteiger partial charge in [0.25, 0.3) is 0 Å². The third kappa shape index (κ3) is 2.27. The molecular formula is C10H11NO6. The zero-order valence-electron chi connectivity index (χ0n) is 9.55. The predicted molar refractivity (Wildman–Crippen MR) is 57.5 cm³/mol. The first-order chi connectivity index (χ1) is 8.06. The van der Waals surface area contributed by atoms with E-state index in [2.05, 4.69) is 4.74 Å². The molecule has 0 saturated heterocycles. The average molecular weight is 241 g/mol. The van der Waals surface area contributed by atoms with Crippen LogP contribution in [0, 0.1) is 10.1 Å². The van der Waals surface area contributed by atoms with Crippen molar-refractivity contribution in [3.8, 4) is 11.5 Å². The lowest BCUT2D eigenvalue weighted by atomic mass is 10.1. The summed E-state index contributed by atoms with van der Waals surface area (Å²) in [6.07, 6.45) is 0. The van der Waals surface area contributed by atoms with Crippen LogP contribution < -0.4 is 9.47 Å². The van der Waals surface area contributed by atoms with E-state index in [1.807, 2.05) is 0 Å². The van der Waals surface area contributed by atoms with Gasteiger partial charge in [-0.3, -0.25) is 10.1 Å². The van der Waals surface area contributed by atoms with E-state index < -0.39 is 10.9 Å². The van der Waals surface area contributed by atoms with Crippen molar-refractivity contribution in [2.45, 2.75) is 0 Å². The van der Waals surface area contributed by atoms with Crippen LogP contribution in [0.2, 0.25) is 0 Å². The second-order valence-corrected chi connectivity index (χ2v) is 2.94. The number of carbonyl (C=O) groups excluding carboxylic acids is 1. The average Bonchev–Trinajstić information content (AvgIpc) is 2.35. The van der Waals surface area contributed by atoms with Crippen molar-refractivity contribution in [3.63, 3.8) is 0 Å². The van der Waals surface area contributed by atoms with E-state index in [1.165, 1.54) is 33.5 Å². The zero-order valence-corrected chi connectivity index (χ0v) is 9.55. The van der Waals surface area contributed by atoms with Gasteiger partial charge in [-0.25, -0.2) is 4.79 Å². The molecule has 0 fully saturated rings. The number of methoxy groups -OCH3 is 3. The minimum Gasteiger partial charge on any atom is -0.496 e. The number of nitro benzene ring substituents is 1. The second-order valence-electron chi connectivity index (χ2n) is 2.94. The first kappa shape index (κ1) is 12.8. The predicted octanol–water partition coefficient (Wildman–Crippen LogP) is 1.40. The van der Waals surface area contributed by atoms with E-state index in [1.54, 1.807) is 0 Å². The lowest BCUT2D eigenvalue weighted by Gasteiger charge is -2.11. The van der Waals surface area contributed by atoms with Crippen LogP contribution in [0.5, 0.6) is 11.5 Å². The van der Waals surface area contributed by atoms with Crippen molar-refractivity contribution in [1.82, 2.24) is 0 Å². The van der Waals surface area contributed by atoms with Crippen molar-refractivity contribution in [3.05, 3.63) is 27.8 Å². The molecule has 0 saturated carbocycles. The second kappa shape index (κ2) is 5.15. The van der Waals surface area contributed by atoms with Gasteiger partial charge in [0, 0.05) is 6.07 Å². The Labute approximate surface area is 97.0 Å². The van der Waals surface area contributed by atoms with Gasteiger partial charge in [-0.2, -0.15) is 0 Å². The molecule has 17 heavy (non-hydrogen) atoms. The van der Waals surface area contributed by atoms with Crippen LogP contribution in [0.3, 0.4) is 0 Å². The van der Waals surface area contributed by atoms with Gasteiger partial charge >= 0.3 is 11.7 Å². The van der Waals surface area contributed by atoms with Crippen LogP contribution in [0.4, 0.5) is 5.69 Å². The molecule has 0 aliphatic rings. The molecule has 0 atom stereocenters. The van der Waals surface area contributed by atoms with Gasteiger partial charge in [0.15, 0.2) is 5.56 Å². The molecule has 0 aliphatic carbocycles. The maximum Gasteiger partial charge on any atom is 0.345 e. The monoisotopic (exact) mass is 241 g/mol. The fourth-order valence-corrected chi connectivity index (χ4v) is 1.37. The van der Waals surface area contributed by atoms with Crippen molar-refractivity contribution in [2.75, 3.05) is 21.3 Å². The molecule has 0 radical (unpaired) electrons. The Morgan fingerprint density at radius 2 is 1.88 bits per heavy atom. The highest BCUT2D eigenvalue weighted by atomic mass is 16.6. The Morgan fingerprint density at radius 3 is 2.29 bits per heavy atom. The summed E-state index contributed by atoms with van der Waals surface area (Å²) < 4.78 is 14.4. The molecule has 1 rings (SSSR count). The topological polar surface area (TPSA) is 87.9 Å². The van der Waals surface area contributed by atoms with Crippen LogP contribution in [-0.2, 0) is 4.74 Å². The van der Waals surface area contributed by atoms with Gasteiger partial charge in [-0.15, -0.1) is 0 Å². The van der Waals surface area contributed by atoms with Gasteiger partial charge in [0.2, 0.25) is 5.75 Å². The molecule has 0 bridgehead atoms. The third-order valence-electron chi connectivity index (χ3n) is 2.11. The van der Waals surface area contributed by atoms with Crippen LogP contribution >= 0.6 is 0 Å². The summed E-state index contributed by atoms with van der Waals surface area (Å²) in [6.45, 7) is 0. The minimum absolute atomic E-state index is 0.105. The quantitative estimate of drug-likeness (QED) is 0.449. The number of benzene rings is 1. The van der Waals surface area contributed by atoms with E-state index >= 15 is 0 Å². The number of esters is 1. The molecule has 0 amide bonds. The Bertz CT molecular complexity index is 456. The van der Waals surface area contributed by atoms with Gasteiger partial charge in [-0.05, 0) is 6.07 Å². The summed E-state index contributed by atoms with van der Waals surface area (Å²) in [7, 11) is 3.74. The van der Waals surface area contributed by atoms with Crippen molar-refractivity contribution in [1.29, 1.82) is 0 Å². The van der Waals surface area contributed by atoms with Crippen molar-refractivity contribution >= 4 is 11.7 Å². The number of nitro groups is 1. The smallest absolute Gasteiger partial charge is 0.345 e. The maximum atomic E-state index is 11.5. The first-order valence-corrected chi connectivity index (χ1v) is 4.54. The highest BCUT2D eigenvalue weighted by molar-refractivity contribution is 5.97. The Kier molecular flexibility index (Phi) is 3.86. The standard InChI is InChI=1S/C10H11NO6/c1-15-7-5-4-6(11(13)14)9(16-2)8(7)10(12)17-3/h4-5H,1-3H3. The molecule has 0 N–H and O–H groups in total. The minimum atomic E-state index is -0.762. The fourth-order valence-electron chi connectivity index (χ4n) is 1.37. The Morgan fingerprint density at radius 1 is 1.24 bits per heavy atom. The molecule has 1 aromatic carbocycles. The van der Waals surface area contributed by atoms with Crippen LogP contribution in [0.1, 0.15) is 10.4 Å². The molecule has 0 heterocycles. The van der Waals surface area contributed by atoms with Gasteiger partial charge in [0.1, 0.15) is 5.75 Å². The molecule has 7 nitrogen and oxygen atoms in total. The van der Waals surface area contributed by atoms with E-state index in [0.717, 1.165) is 0 Å². The largest absolute Gasteiger partial charge is 0.496 e. The van der Waals surface area contributed by atoms with E-state index in [0.29, 0.717) is 0 Å². The summed E-state index contributed by atoms with van der Waals surface area (Å²) in [6, 6.07) is 2.51.